The highest BCUT2D eigenvalue weighted by Crippen LogP contribution is 2.40. The number of aliphatic hydroxyl groups excluding tert-OH is 2. The van der Waals surface area contributed by atoms with Crippen molar-refractivity contribution >= 4 is 34.3 Å². The number of benzene rings is 2. The first kappa shape index (κ1) is 26.2. The molecule has 0 radical (unpaired) electrons. The zero-order chi connectivity index (χ0) is 24.8. The topological polar surface area (TPSA) is 65.8 Å². The molecule has 5 nitrogen and oxygen atoms in total. The molecular formula is C28H35ClN2O3S. The third-order valence-corrected chi connectivity index (χ3v) is 8.54. The lowest BCUT2D eigenvalue weighted by Gasteiger charge is -2.41. The number of ether oxygens (including phenoxy) is 1. The lowest BCUT2D eigenvalue weighted by molar-refractivity contribution is 0.0254. The summed E-state index contributed by atoms with van der Waals surface area (Å²) in [6.45, 7) is 5.26. The van der Waals surface area contributed by atoms with Gasteiger partial charge in [-0.1, -0.05) is 29.3 Å². The molecule has 188 valence electrons. The molecular weight excluding hydrogens is 480 g/mol. The maximum atomic E-state index is 11.2. The minimum Gasteiger partial charge on any atom is -0.497 e. The van der Waals surface area contributed by atoms with Gasteiger partial charge in [-0.15, -0.1) is 11.8 Å². The Morgan fingerprint density at radius 1 is 1.20 bits per heavy atom. The third-order valence-electron chi connectivity index (χ3n) is 7.27. The van der Waals surface area contributed by atoms with Crippen molar-refractivity contribution in [2.45, 2.75) is 43.6 Å². The average Bonchev–Trinajstić information content (AvgIpc) is 2.88. The van der Waals surface area contributed by atoms with Crippen LogP contribution in [-0.4, -0.2) is 59.2 Å². The number of thioether (sulfide) groups is 1. The molecule has 0 aliphatic carbocycles. The number of nitrogens with zero attached hydrogens (tertiary/aromatic N) is 2. The van der Waals surface area contributed by atoms with Crippen molar-refractivity contribution in [3.63, 3.8) is 0 Å². The lowest BCUT2D eigenvalue weighted by atomic mass is 9.74. The van der Waals surface area contributed by atoms with Gasteiger partial charge in [-0.3, -0.25) is 4.98 Å². The van der Waals surface area contributed by atoms with Crippen LogP contribution in [0.4, 0.5) is 0 Å². The van der Waals surface area contributed by atoms with Crippen LogP contribution in [-0.2, 0) is 0 Å². The number of rotatable bonds is 10. The molecule has 2 N–H and O–H groups in total. The van der Waals surface area contributed by atoms with Crippen molar-refractivity contribution < 1.29 is 14.9 Å². The predicted molar refractivity (Wildman–Crippen MR) is 145 cm³/mol. The molecule has 1 atom stereocenters. The van der Waals surface area contributed by atoms with Crippen LogP contribution in [0.3, 0.4) is 0 Å². The fraction of sp³-hybridized carbons (Fsp3) is 0.464. The number of piperidine rings is 1. The second-order valence-electron chi connectivity index (χ2n) is 9.62. The van der Waals surface area contributed by atoms with Crippen LogP contribution in [0.2, 0.25) is 5.02 Å². The Balaban J connectivity index is 1.33. The molecule has 0 spiro atoms. The Bertz CT molecular complexity index is 1130. The van der Waals surface area contributed by atoms with Gasteiger partial charge < -0.3 is 19.8 Å². The molecule has 4 rings (SSSR count). The molecule has 1 saturated heterocycles. The zero-order valence-electron chi connectivity index (χ0n) is 20.5. The first-order chi connectivity index (χ1) is 16.9. The molecule has 1 aromatic heterocycles. The van der Waals surface area contributed by atoms with E-state index >= 15 is 0 Å². The summed E-state index contributed by atoms with van der Waals surface area (Å²) < 4.78 is 5.36. The number of aliphatic hydroxyl groups is 2. The first-order valence-corrected chi connectivity index (χ1v) is 13.6. The molecule has 0 bridgehead atoms. The van der Waals surface area contributed by atoms with Gasteiger partial charge in [0.2, 0.25) is 0 Å². The second-order valence-corrected chi connectivity index (χ2v) is 11.2. The molecule has 0 saturated carbocycles. The highest BCUT2D eigenvalue weighted by Gasteiger charge is 2.34. The molecule has 2 aromatic carbocycles. The van der Waals surface area contributed by atoms with Crippen LogP contribution >= 0.6 is 23.4 Å². The van der Waals surface area contributed by atoms with Gasteiger partial charge in [-0.25, -0.2) is 0 Å². The van der Waals surface area contributed by atoms with Gasteiger partial charge in [0.25, 0.3) is 0 Å². The number of aryl methyl sites for hydroxylation is 1. The van der Waals surface area contributed by atoms with Crippen molar-refractivity contribution in [2.24, 2.45) is 5.41 Å². The van der Waals surface area contributed by atoms with Crippen molar-refractivity contribution in [2.75, 3.05) is 39.1 Å². The van der Waals surface area contributed by atoms with E-state index in [-0.39, 0.29) is 12.0 Å². The Morgan fingerprint density at radius 3 is 2.71 bits per heavy atom. The van der Waals surface area contributed by atoms with Gasteiger partial charge >= 0.3 is 0 Å². The highest BCUT2D eigenvalue weighted by molar-refractivity contribution is 7.99. The van der Waals surface area contributed by atoms with E-state index in [1.165, 1.54) is 10.5 Å². The monoisotopic (exact) mass is 514 g/mol. The SMILES string of the molecule is COc1ccc2ncc(Cl)c(C(O)CCC3(CO)CCN(CCSc4cccc(C)c4)CC3)c2c1. The van der Waals surface area contributed by atoms with Crippen LogP contribution in [0.25, 0.3) is 10.9 Å². The summed E-state index contributed by atoms with van der Waals surface area (Å²) in [7, 11) is 1.62. The fourth-order valence-corrected chi connectivity index (χ4v) is 6.26. The quantitative estimate of drug-likeness (QED) is 0.329. The summed E-state index contributed by atoms with van der Waals surface area (Å²) in [5.74, 6) is 1.76. The van der Waals surface area contributed by atoms with Gasteiger partial charge in [0.1, 0.15) is 5.75 Å². The van der Waals surface area contributed by atoms with Gasteiger partial charge in [0.05, 0.1) is 23.8 Å². The van der Waals surface area contributed by atoms with E-state index < -0.39 is 6.10 Å². The summed E-state index contributed by atoms with van der Waals surface area (Å²) in [5, 5.41) is 22.7. The van der Waals surface area contributed by atoms with Gasteiger partial charge in [0, 0.05) is 40.9 Å². The van der Waals surface area contributed by atoms with E-state index in [0.29, 0.717) is 22.8 Å². The van der Waals surface area contributed by atoms with Crippen LogP contribution < -0.4 is 4.74 Å². The van der Waals surface area contributed by atoms with Gasteiger partial charge in [0.15, 0.2) is 0 Å². The molecule has 3 aromatic rings. The van der Waals surface area contributed by atoms with Gasteiger partial charge in [-0.05, 0) is 81.4 Å². The predicted octanol–water partition coefficient (Wildman–Crippen LogP) is 5.89. The molecule has 7 heteroatoms. The summed E-state index contributed by atoms with van der Waals surface area (Å²) in [6, 6.07) is 14.3. The summed E-state index contributed by atoms with van der Waals surface area (Å²) in [6.07, 6.45) is 4.03. The average molecular weight is 515 g/mol. The number of hydrogen-bond acceptors (Lipinski definition) is 6. The number of hydrogen-bond donors (Lipinski definition) is 2. The molecule has 35 heavy (non-hydrogen) atoms. The minimum atomic E-state index is -0.729. The Hall–Kier alpha value is -1.83. The number of pyridine rings is 1. The molecule has 2 heterocycles. The van der Waals surface area contributed by atoms with Gasteiger partial charge in [-0.2, -0.15) is 0 Å². The Kier molecular flexibility index (Phi) is 8.95. The largest absolute Gasteiger partial charge is 0.497 e. The first-order valence-electron chi connectivity index (χ1n) is 12.3. The Morgan fingerprint density at radius 2 is 2.00 bits per heavy atom. The number of halogens is 1. The standard InChI is InChI=1S/C28H35ClN2O3S/c1-20-4-3-5-22(16-20)35-15-14-31-12-10-28(19-32,11-13-31)9-8-26(33)27-23-17-21(34-2)6-7-25(23)30-18-24(27)29/h3-7,16-18,26,32-33H,8-15,19H2,1-2H3. The van der Waals surface area contributed by atoms with Crippen molar-refractivity contribution in [3.8, 4) is 5.75 Å². The third kappa shape index (κ3) is 6.49. The number of methoxy groups -OCH3 is 1. The zero-order valence-corrected chi connectivity index (χ0v) is 22.1. The minimum absolute atomic E-state index is 0.143. The van der Waals surface area contributed by atoms with E-state index in [0.717, 1.165) is 55.6 Å². The fourth-order valence-electron chi connectivity index (χ4n) is 4.96. The van der Waals surface area contributed by atoms with Crippen LogP contribution in [0, 0.1) is 12.3 Å². The number of likely N-dealkylation sites (tertiary alicyclic amines) is 1. The van der Waals surface area contributed by atoms with Crippen LogP contribution in [0.1, 0.15) is 42.9 Å². The molecule has 1 unspecified atom stereocenters. The van der Waals surface area contributed by atoms with E-state index in [4.69, 9.17) is 16.3 Å². The van der Waals surface area contributed by atoms with E-state index in [9.17, 15) is 10.2 Å². The maximum absolute atomic E-state index is 11.2. The molecule has 1 aliphatic heterocycles. The van der Waals surface area contributed by atoms with Crippen molar-refractivity contribution in [1.82, 2.24) is 9.88 Å². The Labute approximate surface area is 217 Å². The number of fused-ring (bicyclic) bond motifs is 1. The lowest BCUT2D eigenvalue weighted by Crippen LogP contribution is -2.43. The van der Waals surface area contributed by atoms with E-state index in [2.05, 4.69) is 41.1 Å². The molecule has 1 fully saturated rings. The maximum Gasteiger partial charge on any atom is 0.119 e. The van der Waals surface area contributed by atoms with Crippen molar-refractivity contribution in [3.05, 3.63) is 64.8 Å². The summed E-state index contributed by atoms with van der Waals surface area (Å²) in [5.41, 5.74) is 2.60. The van der Waals surface area contributed by atoms with E-state index in [1.807, 2.05) is 30.0 Å². The molecule has 1 aliphatic rings. The number of aromatic nitrogens is 1. The van der Waals surface area contributed by atoms with Crippen LogP contribution in [0.15, 0.2) is 53.6 Å². The highest BCUT2D eigenvalue weighted by atomic mass is 35.5. The smallest absolute Gasteiger partial charge is 0.119 e. The summed E-state index contributed by atoms with van der Waals surface area (Å²) in [4.78, 5) is 8.20. The van der Waals surface area contributed by atoms with E-state index in [1.54, 1.807) is 13.3 Å². The second kappa shape index (κ2) is 11.9. The summed E-state index contributed by atoms with van der Waals surface area (Å²) >= 11 is 8.38. The normalized spacial score (nSPS) is 16.9. The van der Waals surface area contributed by atoms with Crippen molar-refractivity contribution in [1.29, 1.82) is 0 Å². The molecule has 0 amide bonds. The van der Waals surface area contributed by atoms with Crippen LogP contribution in [0.5, 0.6) is 5.75 Å².